The molecule has 0 bridgehead atoms. The predicted molar refractivity (Wildman–Crippen MR) is 94.9 cm³/mol. The fourth-order valence-corrected chi connectivity index (χ4v) is 3.58. The summed E-state index contributed by atoms with van der Waals surface area (Å²) in [6.07, 6.45) is 0. The van der Waals surface area contributed by atoms with E-state index in [4.69, 9.17) is 4.74 Å². The lowest BCUT2D eigenvalue weighted by molar-refractivity contribution is 0.333. The van der Waals surface area contributed by atoms with Crippen molar-refractivity contribution in [3.05, 3.63) is 56.1 Å². The normalized spacial score (nSPS) is 10.3. The van der Waals surface area contributed by atoms with Gasteiger partial charge in [-0.1, -0.05) is 34.1 Å². The zero-order valence-electron chi connectivity index (χ0n) is 11.1. The van der Waals surface area contributed by atoms with Gasteiger partial charge in [-0.05, 0) is 53.8 Å². The summed E-state index contributed by atoms with van der Waals surface area (Å²) in [6.45, 7) is 3.34. The van der Waals surface area contributed by atoms with Gasteiger partial charge in [0.05, 0.1) is 10.2 Å². The molecule has 0 saturated heterocycles. The summed E-state index contributed by atoms with van der Waals surface area (Å²) in [5, 5.41) is 0. The molecule has 0 atom stereocenters. The Bertz CT molecular complexity index is 563. The Morgan fingerprint density at radius 2 is 1.95 bits per heavy atom. The predicted octanol–water partition coefficient (Wildman–Crippen LogP) is 4.57. The van der Waals surface area contributed by atoms with Crippen LogP contribution in [0.2, 0.25) is 0 Å². The molecule has 106 valence electrons. The molecule has 0 radical (unpaired) electrons. The van der Waals surface area contributed by atoms with E-state index in [-0.39, 0.29) is 0 Å². The Morgan fingerprint density at radius 1 is 1.20 bits per heavy atom. The Labute approximate surface area is 141 Å². The molecule has 0 aromatic heterocycles. The minimum absolute atomic E-state index is 0.663. The summed E-state index contributed by atoms with van der Waals surface area (Å²) in [5.41, 5.74) is 8.55. The third-order valence-electron chi connectivity index (χ3n) is 2.66. The topological polar surface area (TPSA) is 33.3 Å². The van der Waals surface area contributed by atoms with Gasteiger partial charge in [0, 0.05) is 22.3 Å². The van der Waals surface area contributed by atoms with E-state index in [2.05, 4.69) is 61.5 Å². The summed E-state index contributed by atoms with van der Waals surface area (Å²) >= 11 is 5.82. The molecular weight excluding hydrogens is 431 g/mol. The Hall–Kier alpha value is -0.790. The quantitative estimate of drug-likeness (QED) is 0.503. The van der Waals surface area contributed by atoms with Gasteiger partial charge in [-0.3, -0.25) is 0 Å². The van der Waals surface area contributed by atoms with Crippen molar-refractivity contribution in [2.24, 2.45) is 0 Å². The Kier molecular flexibility index (Phi) is 6.12. The third-order valence-corrected chi connectivity index (χ3v) is 3.92. The van der Waals surface area contributed by atoms with Crippen LogP contribution in [0.5, 0.6) is 5.75 Å². The number of ether oxygens (including phenoxy) is 1. The lowest BCUT2D eigenvalue weighted by Gasteiger charge is -2.14. The number of anilines is 1. The molecule has 0 amide bonds. The molecular formula is C15H16BrIN2O. The average molecular weight is 447 g/mol. The van der Waals surface area contributed by atoms with E-state index >= 15 is 0 Å². The largest absolute Gasteiger partial charge is 0.492 e. The molecule has 0 unspecified atom stereocenters. The fraction of sp³-hybridized carbons (Fsp3) is 0.200. The molecule has 0 aliphatic heterocycles. The SMILES string of the molecule is CCOc1c(I)cc(Br)cc1CNNc1ccccc1. The molecule has 0 spiro atoms. The highest BCUT2D eigenvalue weighted by Gasteiger charge is 2.09. The molecule has 0 heterocycles. The number of nitrogens with one attached hydrogen (secondary N) is 2. The maximum Gasteiger partial charge on any atom is 0.137 e. The summed E-state index contributed by atoms with van der Waals surface area (Å²) in [7, 11) is 0. The Morgan fingerprint density at radius 3 is 2.65 bits per heavy atom. The van der Waals surface area contributed by atoms with Crippen molar-refractivity contribution in [1.29, 1.82) is 0 Å². The molecule has 5 heteroatoms. The van der Waals surface area contributed by atoms with Gasteiger partial charge < -0.3 is 10.2 Å². The average Bonchev–Trinajstić information content (AvgIpc) is 2.43. The molecule has 20 heavy (non-hydrogen) atoms. The van der Waals surface area contributed by atoms with Crippen LogP contribution in [-0.4, -0.2) is 6.61 Å². The molecule has 0 fully saturated rings. The van der Waals surface area contributed by atoms with Gasteiger partial charge >= 0.3 is 0 Å². The van der Waals surface area contributed by atoms with Crippen molar-refractivity contribution in [2.75, 3.05) is 12.0 Å². The van der Waals surface area contributed by atoms with Crippen molar-refractivity contribution in [3.8, 4) is 5.75 Å². The minimum atomic E-state index is 0.663. The minimum Gasteiger partial charge on any atom is -0.492 e. The first-order valence-corrected chi connectivity index (χ1v) is 8.22. The van der Waals surface area contributed by atoms with Crippen molar-refractivity contribution in [2.45, 2.75) is 13.5 Å². The number of halogens is 2. The van der Waals surface area contributed by atoms with Gasteiger partial charge in [0.15, 0.2) is 0 Å². The number of hydrogen-bond donors (Lipinski definition) is 2. The highest BCUT2D eigenvalue weighted by molar-refractivity contribution is 14.1. The van der Waals surface area contributed by atoms with Gasteiger partial charge in [0.2, 0.25) is 0 Å². The maximum absolute atomic E-state index is 5.73. The van der Waals surface area contributed by atoms with E-state index in [1.165, 1.54) is 0 Å². The summed E-state index contributed by atoms with van der Waals surface area (Å²) < 4.78 is 7.89. The first kappa shape index (κ1) is 15.6. The van der Waals surface area contributed by atoms with Crippen LogP contribution in [0.15, 0.2) is 46.9 Å². The highest BCUT2D eigenvalue weighted by Crippen LogP contribution is 2.29. The van der Waals surface area contributed by atoms with Crippen LogP contribution in [0.3, 0.4) is 0 Å². The number of para-hydroxylation sites is 1. The van der Waals surface area contributed by atoms with E-state index in [9.17, 15) is 0 Å². The molecule has 0 aliphatic rings. The molecule has 0 aliphatic carbocycles. The van der Waals surface area contributed by atoms with Gasteiger partial charge in [-0.2, -0.15) is 0 Å². The summed E-state index contributed by atoms with van der Waals surface area (Å²) in [6, 6.07) is 14.2. The van der Waals surface area contributed by atoms with E-state index in [0.717, 1.165) is 25.0 Å². The van der Waals surface area contributed by atoms with Crippen molar-refractivity contribution in [1.82, 2.24) is 5.43 Å². The van der Waals surface area contributed by atoms with E-state index < -0.39 is 0 Å². The molecule has 2 rings (SSSR count). The van der Waals surface area contributed by atoms with Crippen LogP contribution in [-0.2, 0) is 6.54 Å². The zero-order valence-corrected chi connectivity index (χ0v) is 14.9. The molecule has 0 saturated carbocycles. The lowest BCUT2D eigenvalue weighted by atomic mass is 10.2. The van der Waals surface area contributed by atoms with Crippen LogP contribution in [0.4, 0.5) is 5.69 Å². The standard InChI is InChI=1S/C15H16BrIN2O/c1-2-20-15-11(8-12(16)9-14(15)17)10-18-19-13-6-4-3-5-7-13/h3-9,18-19H,2,10H2,1H3. The number of rotatable bonds is 6. The van der Waals surface area contributed by atoms with Gasteiger partial charge in [0.1, 0.15) is 5.75 Å². The second-order valence-corrected chi connectivity index (χ2v) is 6.23. The van der Waals surface area contributed by atoms with E-state index in [1.54, 1.807) is 0 Å². The summed E-state index contributed by atoms with van der Waals surface area (Å²) in [4.78, 5) is 0. The lowest BCUT2D eigenvalue weighted by Crippen LogP contribution is -2.21. The maximum atomic E-state index is 5.73. The monoisotopic (exact) mass is 446 g/mol. The van der Waals surface area contributed by atoms with Crippen LogP contribution in [0.25, 0.3) is 0 Å². The zero-order chi connectivity index (χ0) is 14.4. The number of hydrazine groups is 1. The van der Waals surface area contributed by atoms with Crippen LogP contribution < -0.4 is 15.6 Å². The second-order valence-electron chi connectivity index (χ2n) is 4.15. The first-order valence-electron chi connectivity index (χ1n) is 6.35. The molecule has 2 aromatic carbocycles. The smallest absolute Gasteiger partial charge is 0.137 e. The van der Waals surface area contributed by atoms with Crippen molar-refractivity contribution in [3.63, 3.8) is 0 Å². The van der Waals surface area contributed by atoms with Crippen molar-refractivity contribution >= 4 is 44.2 Å². The fourth-order valence-electron chi connectivity index (χ4n) is 1.81. The number of benzene rings is 2. The number of hydrogen-bond acceptors (Lipinski definition) is 3. The third kappa shape index (κ3) is 4.36. The van der Waals surface area contributed by atoms with Crippen LogP contribution in [0.1, 0.15) is 12.5 Å². The second kappa shape index (κ2) is 7.85. The molecule has 2 aromatic rings. The molecule has 3 nitrogen and oxygen atoms in total. The first-order chi connectivity index (χ1) is 9.70. The van der Waals surface area contributed by atoms with Gasteiger partial charge in [-0.25, -0.2) is 5.43 Å². The van der Waals surface area contributed by atoms with E-state index in [1.807, 2.05) is 37.3 Å². The van der Waals surface area contributed by atoms with Crippen LogP contribution >= 0.6 is 38.5 Å². The van der Waals surface area contributed by atoms with Gasteiger partial charge in [0.25, 0.3) is 0 Å². The highest BCUT2D eigenvalue weighted by atomic mass is 127. The molecule has 2 N–H and O–H groups in total. The van der Waals surface area contributed by atoms with Crippen molar-refractivity contribution < 1.29 is 4.74 Å². The van der Waals surface area contributed by atoms with Gasteiger partial charge in [-0.15, -0.1) is 0 Å². The Balaban J connectivity index is 2.05. The van der Waals surface area contributed by atoms with Crippen LogP contribution in [0, 0.1) is 3.57 Å². The summed E-state index contributed by atoms with van der Waals surface area (Å²) in [5.74, 6) is 0.943. The van der Waals surface area contributed by atoms with E-state index in [0.29, 0.717) is 13.2 Å².